The van der Waals surface area contributed by atoms with E-state index in [1.54, 1.807) is 20.8 Å². The lowest BCUT2D eigenvalue weighted by atomic mass is 10.0. The van der Waals surface area contributed by atoms with Crippen molar-refractivity contribution in [3.05, 3.63) is 27.8 Å². The Morgan fingerprint density at radius 1 is 1.45 bits per heavy atom. The summed E-state index contributed by atoms with van der Waals surface area (Å²) in [6.45, 7) is 5.28. The van der Waals surface area contributed by atoms with E-state index in [4.69, 9.17) is 4.74 Å². The van der Waals surface area contributed by atoms with Crippen molar-refractivity contribution in [1.29, 1.82) is 0 Å². The van der Waals surface area contributed by atoms with Crippen LogP contribution in [0.3, 0.4) is 0 Å². The Balaban J connectivity index is 2.71. The van der Waals surface area contributed by atoms with Crippen LogP contribution in [-0.4, -0.2) is 36.1 Å². The first-order valence-corrected chi connectivity index (χ1v) is 6.64. The van der Waals surface area contributed by atoms with Crippen LogP contribution in [0.5, 0.6) is 5.75 Å². The fourth-order valence-electron chi connectivity index (χ4n) is 2.34. The molecule has 0 unspecified atom stereocenters. The fraction of sp³-hybridized carbons (Fsp3) is 0.429. The smallest absolute Gasteiger partial charge is 0.344 e. The van der Waals surface area contributed by atoms with Gasteiger partial charge in [-0.15, -0.1) is 0 Å². The van der Waals surface area contributed by atoms with Crippen molar-refractivity contribution in [3.63, 3.8) is 0 Å². The zero-order valence-corrected chi connectivity index (χ0v) is 12.7. The summed E-state index contributed by atoms with van der Waals surface area (Å²) < 4.78 is 10.1. The van der Waals surface area contributed by atoms with E-state index in [-0.39, 0.29) is 17.2 Å². The van der Waals surface area contributed by atoms with Gasteiger partial charge in [-0.05, 0) is 26.8 Å². The number of hydrogen-bond acceptors (Lipinski definition) is 6. The maximum absolute atomic E-state index is 12.4. The van der Waals surface area contributed by atoms with Crippen molar-refractivity contribution in [2.45, 2.75) is 26.4 Å². The lowest BCUT2D eigenvalue weighted by Crippen LogP contribution is -2.52. The summed E-state index contributed by atoms with van der Waals surface area (Å²) in [5.41, 5.74) is -1.46. The topological polar surface area (TPSA) is 99.0 Å². The third kappa shape index (κ3) is 2.36. The predicted octanol–water partition coefficient (Wildman–Crippen LogP) is 1.91. The van der Waals surface area contributed by atoms with Crippen molar-refractivity contribution < 1.29 is 24.0 Å². The Kier molecular flexibility index (Phi) is 3.78. The average molecular weight is 308 g/mol. The van der Waals surface area contributed by atoms with Crippen molar-refractivity contribution in [1.82, 2.24) is 0 Å². The van der Waals surface area contributed by atoms with E-state index >= 15 is 0 Å². The second kappa shape index (κ2) is 5.28. The lowest BCUT2D eigenvalue weighted by molar-refractivity contribution is -0.385. The molecule has 1 aromatic carbocycles. The molecule has 22 heavy (non-hydrogen) atoms. The standard InChI is InChI=1S/C14H16N2O6/c1-5-15-10-6-8(12(17)21-4)9(16(19)20)7-11(10)22-14(2,3)13(15)18/h6-7H,5H2,1-4H3. The number of nitro benzene ring substituents is 1. The number of fused-ring (bicyclic) bond motifs is 1. The lowest BCUT2D eigenvalue weighted by Gasteiger charge is -2.38. The molecule has 1 aromatic rings. The minimum Gasteiger partial charge on any atom is -0.476 e. The van der Waals surface area contributed by atoms with Crippen molar-refractivity contribution in [2.24, 2.45) is 0 Å². The quantitative estimate of drug-likeness (QED) is 0.480. The SMILES string of the molecule is CCN1C(=O)C(C)(C)Oc2cc([N+](=O)[O-])c(C(=O)OC)cc21. The molecular weight excluding hydrogens is 292 g/mol. The van der Waals surface area contributed by atoms with Gasteiger partial charge in [0, 0.05) is 6.54 Å². The van der Waals surface area contributed by atoms with E-state index in [1.165, 1.54) is 11.0 Å². The van der Waals surface area contributed by atoms with E-state index in [9.17, 15) is 19.7 Å². The number of hydrogen-bond donors (Lipinski definition) is 0. The Morgan fingerprint density at radius 3 is 2.59 bits per heavy atom. The van der Waals surface area contributed by atoms with Crippen LogP contribution in [0.25, 0.3) is 0 Å². The van der Waals surface area contributed by atoms with Gasteiger partial charge >= 0.3 is 5.97 Å². The molecule has 1 aliphatic rings. The summed E-state index contributed by atoms with van der Waals surface area (Å²) >= 11 is 0. The number of nitrogens with zero attached hydrogens (tertiary/aromatic N) is 2. The highest BCUT2D eigenvalue weighted by Crippen LogP contribution is 2.41. The number of carbonyl (C=O) groups is 2. The molecule has 118 valence electrons. The van der Waals surface area contributed by atoms with Crippen LogP contribution < -0.4 is 9.64 Å². The Labute approximate surface area is 126 Å². The number of esters is 1. The average Bonchev–Trinajstić information content (AvgIpc) is 2.46. The van der Waals surface area contributed by atoms with Gasteiger partial charge in [-0.1, -0.05) is 0 Å². The van der Waals surface area contributed by atoms with Crippen LogP contribution >= 0.6 is 0 Å². The summed E-state index contributed by atoms with van der Waals surface area (Å²) in [4.78, 5) is 36.0. The first-order chi connectivity index (χ1) is 10.2. The van der Waals surface area contributed by atoms with Crippen molar-refractivity contribution >= 4 is 23.3 Å². The maximum Gasteiger partial charge on any atom is 0.344 e. The number of amides is 1. The normalized spacial score (nSPS) is 15.8. The van der Waals surface area contributed by atoms with Gasteiger partial charge in [0.05, 0.1) is 23.8 Å². The zero-order valence-electron chi connectivity index (χ0n) is 12.7. The van der Waals surface area contributed by atoms with Gasteiger partial charge in [-0.25, -0.2) is 4.79 Å². The summed E-state index contributed by atoms with van der Waals surface area (Å²) in [5.74, 6) is -0.944. The van der Waals surface area contributed by atoms with Gasteiger partial charge < -0.3 is 14.4 Å². The van der Waals surface area contributed by atoms with E-state index in [1.807, 2.05) is 0 Å². The van der Waals surface area contributed by atoms with Gasteiger partial charge in [-0.3, -0.25) is 14.9 Å². The minimum atomic E-state index is -1.14. The van der Waals surface area contributed by atoms with Crippen LogP contribution in [0.15, 0.2) is 12.1 Å². The highest BCUT2D eigenvalue weighted by molar-refractivity contribution is 6.04. The van der Waals surface area contributed by atoms with E-state index in [0.717, 1.165) is 13.2 Å². The monoisotopic (exact) mass is 308 g/mol. The predicted molar refractivity (Wildman–Crippen MR) is 77.2 cm³/mol. The van der Waals surface area contributed by atoms with Crippen LogP contribution in [0.4, 0.5) is 11.4 Å². The number of anilines is 1. The second-order valence-corrected chi connectivity index (χ2v) is 5.25. The molecule has 0 fully saturated rings. The highest BCUT2D eigenvalue weighted by atomic mass is 16.6. The van der Waals surface area contributed by atoms with Crippen LogP contribution in [0.1, 0.15) is 31.1 Å². The van der Waals surface area contributed by atoms with Crippen molar-refractivity contribution in [2.75, 3.05) is 18.6 Å². The van der Waals surface area contributed by atoms with Crippen LogP contribution in [0.2, 0.25) is 0 Å². The van der Waals surface area contributed by atoms with Crippen LogP contribution in [-0.2, 0) is 9.53 Å². The molecule has 1 amide bonds. The van der Waals surface area contributed by atoms with Gasteiger partial charge in [0.15, 0.2) is 11.4 Å². The number of ether oxygens (including phenoxy) is 2. The summed E-state index contributed by atoms with van der Waals surface area (Å²) in [6, 6.07) is 2.41. The molecule has 0 spiro atoms. The third-order valence-corrected chi connectivity index (χ3v) is 3.41. The number of carbonyl (C=O) groups excluding carboxylic acids is 2. The largest absolute Gasteiger partial charge is 0.476 e. The number of rotatable bonds is 3. The molecule has 0 saturated heterocycles. The zero-order chi connectivity index (χ0) is 16.7. The number of nitro groups is 1. The van der Waals surface area contributed by atoms with E-state index < -0.39 is 22.2 Å². The van der Waals surface area contributed by atoms with Gasteiger partial charge in [-0.2, -0.15) is 0 Å². The second-order valence-electron chi connectivity index (χ2n) is 5.25. The summed E-state index contributed by atoms with van der Waals surface area (Å²) in [5, 5.41) is 11.2. The number of benzene rings is 1. The molecule has 1 aliphatic heterocycles. The summed E-state index contributed by atoms with van der Waals surface area (Å²) in [7, 11) is 1.13. The molecule has 8 nitrogen and oxygen atoms in total. The molecule has 0 aromatic heterocycles. The Bertz CT molecular complexity index is 668. The van der Waals surface area contributed by atoms with E-state index in [2.05, 4.69) is 4.74 Å². The Hall–Kier alpha value is -2.64. The molecule has 0 radical (unpaired) electrons. The third-order valence-electron chi connectivity index (χ3n) is 3.41. The molecular formula is C14H16N2O6. The number of likely N-dealkylation sites (N-methyl/N-ethyl adjacent to an activating group) is 1. The van der Waals surface area contributed by atoms with Gasteiger partial charge in [0.1, 0.15) is 5.56 Å². The number of methoxy groups -OCH3 is 1. The molecule has 0 atom stereocenters. The molecule has 0 saturated carbocycles. The summed E-state index contributed by atoms with van der Waals surface area (Å²) in [6.07, 6.45) is 0. The molecule has 1 heterocycles. The molecule has 2 rings (SSSR count). The minimum absolute atomic E-state index is 0.186. The Morgan fingerprint density at radius 2 is 2.09 bits per heavy atom. The van der Waals surface area contributed by atoms with Crippen LogP contribution in [0, 0.1) is 10.1 Å². The van der Waals surface area contributed by atoms with E-state index in [0.29, 0.717) is 12.2 Å². The van der Waals surface area contributed by atoms with Crippen molar-refractivity contribution in [3.8, 4) is 5.75 Å². The highest BCUT2D eigenvalue weighted by Gasteiger charge is 2.42. The fourth-order valence-corrected chi connectivity index (χ4v) is 2.34. The molecule has 0 bridgehead atoms. The first-order valence-electron chi connectivity index (χ1n) is 6.64. The van der Waals surface area contributed by atoms with Gasteiger partial charge in [0.2, 0.25) is 0 Å². The molecule has 0 N–H and O–H groups in total. The molecule has 0 aliphatic carbocycles. The molecule has 8 heteroatoms. The maximum atomic E-state index is 12.4. The van der Waals surface area contributed by atoms with Gasteiger partial charge in [0.25, 0.3) is 11.6 Å². The first kappa shape index (κ1) is 15.7.